The predicted molar refractivity (Wildman–Crippen MR) is 178 cm³/mol. The number of carbonyl (C=O) groups excluding carboxylic acids is 3. The molecule has 10 nitrogen and oxygen atoms in total. The fourth-order valence-corrected chi connectivity index (χ4v) is 6.71. The van der Waals surface area contributed by atoms with Gasteiger partial charge in [0.2, 0.25) is 5.91 Å². The van der Waals surface area contributed by atoms with Crippen molar-refractivity contribution in [3.63, 3.8) is 0 Å². The summed E-state index contributed by atoms with van der Waals surface area (Å²) in [5.74, 6) is -0.487. The van der Waals surface area contributed by atoms with Crippen LogP contribution in [0.15, 0.2) is 76.5 Å². The molecule has 45 heavy (non-hydrogen) atoms. The zero-order chi connectivity index (χ0) is 32.6. The van der Waals surface area contributed by atoms with Gasteiger partial charge in [-0.1, -0.05) is 66.4 Å². The number of β-amino-alcohol motifs (C(OH)–C–C–N with tert-alkyl or cyclic N) is 1. The van der Waals surface area contributed by atoms with E-state index in [9.17, 15) is 19.5 Å². The summed E-state index contributed by atoms with van der Waals surface area (Å²) in [7, 11) is 0. The Morgan fingerprint density at radius 3 is 2.56 bits per heavy atom. The highest BCUT2D eigenvalue weighted by Gasteiger charge is 2.33. The molecule has 0 bridgehead atoms. The Hall–Kier alpha value is -3.55. The highest BCUT2D eigenvalue weighted by Crippen LogP contribution is 2.35. The second-order valence-corrected chi connectivity index (χ2v) is 13.6. The van der Waals surface area contributed by atoms with Crippen LogP contribution in [0.1, 0.15) is 37.0 Å². The number of thioether (sulfide) groups is 2. The molecule has 1 aliphatic heterocycles. The third kappa shape index (κ3) is 9.72. The van der Waals surface area contributed by atoms with Crippen molar-refractivity contribution in [3.05, 3.63) is 83.4 Å². The number of aliphatic hydroxyl groups is 2. The van der Waals surface area contributed by atoms with Gasteiger partial charge in [0.05, 0.1) is 12.7 Å². The largest absolute Gasteiger partial charge is 0.394 e. The zero-order valence-electron chi connectivity index (χ0n) is 25.7. The van der Waals surface area contributed by atoms with Gasteiger partial charge in [-0.2, -0.15) is 0 Å². The molecule has 0 aliphatic carbocycles. The van der Waals surface area contributed by atoms with Gasteiger partial charge in [0.1, 0.15) is 0 Å². The smallest absolute Gasteiger partial charge is 0.312 e. The van der Waals surface area contributed by atoms with Gasteiger partial charge in [-0.25, -0.2) is 4.79 Å². The monoisotopic (exact) mass is 651 g/mol. The lowest BCUT2D eigenvalue weighted by Crippen LogP contribution is -2.50. The molecule has 2 atom stereocenters. The number of hydrogen-bond donors (Lipinski definition) is 6. The van der Waals surface area contributed by atoms with Gasteiger partial charge in [0.15, 0.2) is 5.37 Å². The third-order valence-corrected chi connectivity index (χ3v) is 9.36. The molecule has 3 aromatic carbocycles. The van der Waals surface area contributed by atoms with Crippen LogP contribution in [0.25, 0.3) is 11.1 Å². The Kier molecular flexibility index (Phi) is 11.9. The molecule has 0 aromatic heterocycles. The number of rotatable bonds is 13. The van der Waals surface area contributed by atoms with Crippen molar-refractivity contribution in [1.82, 2.24) is 20.9 Å². The minimum absolute atomic E-state index is 0.0745. The van der Waals surface area contributed by atoms with E-state index in [-0.39, 0.29) is 31.4 Å². The predicted octanol–water partition coefficient (Wildman–Crippen LogP) is 3.43. The molecule has 1 heterocycles. The maximum absolute atomic E-state index is 14.0. The molecule has 7 N–H and O–H groups in total. The van der Waals surface area contributed by atoms with Gasteiger partial charge in [-0.3, -0.25) is 9.59 Å². The van der Waals surface area contributed by atoms with Crippen molar-refractivity contribution in [2.75, 3.05) is 19.4 Å². The van der Waals surface area contributed by atoms with E-state index in [4.69, 9.17) is 10.8 Å². The average Bonchev–Trinajstić information content (AvgIpc) is 3.14. The first kappa shape index (κ1) is 34.3. The number of fused-ring (bicyclic) bond motifs is 1. The van der Waals surface area contributed by atoms with Crippen LogP contribution in [0, 0.1) is 0 Å². The molecule has 4 rings (SSSR count). The molecule has 0 unspecified atom stereocenters. The van der Waals surface area contributed by atoms with Gasteiger partial charge in [0.25, 0.3) is 5.91 Å². The van der Waals surface area contributed by atoms with E-state index in [2.05, 4.69) is 22.0 Å². The first-order valence-corrected chi connectivity index (χ1v) is 16.7. The Morgan fingerprint density at radius 1 is 1.13 bits per heavy atom. The molecule has 0 saturated carbocycles. The summed E-state index contributed by atoms with van der Waals surface area (Å²) in [6.45, 7) is 4.50. The minimum atomic E-state index is -0.926. The average molecular weight is 652 g/mol. The van der Waals surface area contributed by atoms with Gasteiger partial charge in [0, 0.05) is 47.9 Å². The molecule has 240 valence electrons. The van der Waals surface area contributed by atoms with E-state index in [1.807, 2.05) is 80.8 Å². The van der Waals surface area contributed by atoms with Gasteiger partial charge in [-0.15, -0.1) is 11.8 Å². The standard InChI is InChI=1S/C33H41N5O5S2/c1-33(2,36-17-25(40)20-39)15-29(41)37-30-31(42)38(19-24-12-13-26(44-3)14-28(24)45-30)18-21-8-10-22(11-9-21)27-7-5-4-6-23(27)16-35-32(34)43/h4-14,25,30,36,39-40H,15-20H2,1-3H3,(H,37,41)(H3,34,35,43)/t25-,30+/m0/s1. The maximum Gasteiger partial charge on any atom is 0.312 e. The number of nitrogens with one attached hydrogen (secondary N) is 3. The topological polar surface area (TPSA) is 157 Å². The highest BCUT2D eigenvalue weighted by atomic mass is 32.2. The number of amides is 4. The number of hydrogen-bond acceptors (Lipinski definition) is 8. The number of nitrogens with two attached hydrogens (primary N) is 1. The Morgan fingerprint density at radius 2 is 1.87 bits per heavy atom. The molecule has 3 aromatic rings. The molecule has 0 radical (unpaired) electrons. The molecule has 4 amide bonds. The van der Waals surface area contributed by atoms with E-state index in [0.717, 1.165) is 37.6 Å². The second kappa shape index (κ2) is 15.6. The van der Waals surface area contributed by atoms with Crippen LogP contribution in [0.5, 0.6) is 0 Å². The SMILES string of the molecule is CSc1ccc2c(c1)S[C@@H](NC(=O)CC(C)(C)NC[C@H](O)CO)C(=O)N(Cc1ccc(-c3ccccc3CNC(N)=O)cc1)C2. The Bertz CT molecular complexity index is 1500. The second-order valence-electron chi connectivity index (χ2n) is 11.6. The third-order valence-electron chi connectivity index (χ3n) is 7.45. The number of urea groups is 1. The fourth-order valence-electron chi connectivity index (χ4n) is 5.02. The van der Waals surface area contributed by atoms with Crippen LogP contribution in [0.4, 0.5) is 4.79 Å². The number of primary amides is 1. The van der Waals surface area contributed by atoms with Crippen molar-refractivity contribution in [3.8, 4) is 11.1 Å². The van der Waals surface area contributed by atoms with E-state index in [1.54, 1.807) is 16.7 Å². The van der Waals surface area contributed by atoms with Crippen LogP contribution in [0.3, 0.4) is 0 Å². The van der Waals surface area contributed by atoms with Crippen LogP contribution < -0.4 is 21.7 Å². The van der Waals surface area contributed by atoms with Crippen LogP contribution in [0.2, 0.25) is 0 Å². The number of carbonyl (C=O) groups is 3. The van der Waals surface area contributed by atoms with Crippen LogP contribution >= 0.6 is 23.5 Å². The molecule has 0 spiro atoms. The number of nitrogens with zero attached hydrogens (tertiary/aromatic N) is 1. The first-order chi connectivity index (χ1) is 21.5. The van der Waals surface area contributed by atoms with Crippen molar-refractivity contribution < 1.29 is 24.6 Å². The molecule has 0 saturated heterocycles. The Labute approximate surface area is 272 Å². The minimum Gasteiger partial charge on any atom is -0.394 e. The Balaban J connectivity index is 1.53. The fraction of sp³-hybridized carbons (Fsp3) is 0.364. The summed E-state index contributed by atoms with van der Waals surface area (Å²) < 4.78 is 0. The van der Waals surface area contributed by atoms with E-state index in [0.29, 0.717) is 19.6 Å². The van der Waals surface area contributed by atoms with Crippen molar-refractivity contribution >= 4 is 41.4 Å². The lowest BCUT2D eigenvalue weighted by atomic mass is 9.98. The molecule has 12 heteroatoms. The summed E-state index contributed by atoms with van der Waals surface area (Å²) in [5.41, 5.74) is 9.43. The molecular weight excluding hydrogens is 611 g/mol. The summed E-state index contributed by atoms with van der Waals surface area (Å²) in [6, 6.07) is 21.3. The number of aliphatic hydroxyl groups excluding tert-OH is 2. The van der Waals surface area contributed by atoms with Gasteiger partial charge < -0.3 is 36.8 Å². The van der Waals surface area contributed by atoms with Crippen LogP contribution in [-0.2, 0) is 29.2 Å². The van der Waals surface area contributed by atoms with Crippen molar-refractivity contribution in [2.45, 2.75) is 66.7 Å². The summed E-state index contributed by atoms with van der Waals surface area (Å²) in [5, 5.41) is 26.7. The summed E-state index contributed by atoms with van der Waals surface area (Å²) in [6.07, 6.45) is 1.15. The van der Waals surface area contributed by atoms with Crippen molar-refractivity contribution in [2.24, 2.45) is 5.73 Å². The normalized spacial score (nSPS) is 15.6. The molecular formula is C33H41N5O5S2. The lowest BCUT2D eigenvalue weighted by molar-refractivity contribution is -0.135. The quantitative estimate of drug-likeness (QED) is 0.154. The number of benzene rings is 3. The van der Waals surface area contributed by atoms with Crippen LogP contribution in [-0.4, -0.2) is 69.4 Å². The molecule has 0 fully saturated rings. The highest BCUT2D eigenvalue weighted by molar-refractivity contribution is 8.01. The van der Waals surface area contributed by atoms with E-state index in [1.165, 1.54) is 11.8 Å². The maximum atomic E-state index is 14.0. The summed E-state index contributed by atoms with van der Waals surface area (Å²) in [4.78, 5) is 42.2. The first-order valence-electron chi connectivity index (χ1n) is 14.6. The van der Waals surface area contributed by atoms with Crippen molar-refractivity contribution in [1.29, 1.82) is 0 Å². The summed E-state index contributed by atoms with van der Waals surface area (Å²) >= 11 is 2.96. The van der Waals surface area contributed by atoms with E-state index < -0.39 is 23.0 Å². The van der Waals surface area contributed by atoms with Gasteiger partial charge in [-0.05, 0) is 60.1 Å². The lowest BCUT2D eigenvalue weighted by Gasteiger charge is -2.29. The van der Waals surface area contributed by atoms with Gasteiger partial charge >= 0.3 is 6.03 Å². The van der Waals surface area contributed by atoms with E-state index >= 15 is 0 Å². The zero-order valence-corrected chi connectivity index (χ0v) is 27.3. The molecule has 1 aliphatic rings.